The number of rotatable bonds is 5. The van der Waals surface area contributed by atoms with Crippen LogP contribution in [0.3, 0.4) is 0 Å². The topological polar surface area (TPSA) is 112 Å². The number of nitrogens with one attached hydrogen (secondary N) is 1. The molecule has 0 radical (unpaired) electrons. The summed E-state index contributed by atoms with van der Waals surface area (Å²) >= 11 is 0. The highest BCUT2D eigenvalue weighted by Crippen LogP contribution is 2.18. The number of hydrogen-bond acceptors (Lipinski definition) is 6. The minimum atomic E-state index is -0.603. The fourth-order valence-electron chi connectivity index (χ4n) is 1.12. The number of nitriles is 1. The van der Waals surface area contributed by atoms with Crippen LogP contribution in [0.15, 0.2) is 12.3 Å². The molecule has 1 aromatic rings. The molecule has 0 aliphatic heterocycles. The lowest BCUT2D eigenvalue weighted by molar-refractivity contribution is -0.385. The van der Waals surface area contributed by atoms with E-state index in [1.165, 1.54) is 6.07 Å². The molecule has 0 aliphatic carbocycles. The Kier molecular flexibility index (Phi) is 4.37. The van der Waals surface area contributed by atoms with Gasteiger partial charge >= 0.3 is 0 Å². The highest BCUT2D eigenvalue weighted by molar-refractivity contribution is 5.55. The summed E-state index contributed by atoms with van der Waals surface area (Å²) in [5.41, 5.74) is -0.105. The molecule has 90 valence electrons. The molecular weight excluding hydrogens is 224 g/mol. The molecular formula is C10H12N4O3. The van der Waals surface area contributed by atoms with Crippen LogP contribution in [0.5, 0.6) is 0 Å². The van der Waals surface area contributed by atoms with E-state index in [9.17, 15) is 10.1 Å². The summed E-state index contributed by atoms with van der Waals surface area (Å²) < 4.78 is 0. The molecule has 0 fully saturated rings. The van der Waals surface area contributed by atoms with Crippen molar-refractivity contribution in [3.8, 4) is 6.07 Å². The summed E-state index contributed by atoms with van der Waals surface area (Å²) in [6.45, 7) is 2.28. The van der Waals surface area contributed by atoms with Crippen LogP contribution < -0.4 is 5.32 Å². The van der Waals surface area contributed by atoms with Crippen molar-refractivity contribution in [3.05, 3.63) is 27.9 Å². The molecule has 7 nitrogen and oxygen atoms in total. The number of aromatic nitrogens is 1. The molecule has 17 heavy (non-hydrogen) atoms. The number of nitro groups is 1. The Morgan fingerprint density at radius 2 is 2.47 bits per heavy atom. The Morgan fingerprint density at radius 1 is 1.76 bits per heavy atom. The third-order valence-corrected chi connectivity index (χ3v) is 2.13. The van der Waals surface area contributed by atoms with Crippen molar-refractivity contribution in [2.75, 3.05) is 18.5 Å². The first-order chi connectivity index (χ1) is 8.08. The molecule has 0 bridgehead atoms. The van der Waals surface area contributed by atoms with E-state index in [0.717, 1.165) is 6.20 Å². The standard InChI is InChI=1S/C10H12N4O3/c1-7(6-15)4-12-10-8(3-11)2-9(5-13-10)14(16)17/h2,5,7,15H,4,6H2,1H3,(H,12,13). The zero-order valence-electron chi connectivity index (χ0n) is 9.25. The van der Waals surface area contributed by atoms with Gasteiger partial charge in [-0.2, -0.15) is 5.26 Å². The van der Waals surface area contributed by atoms with E-state index < -0.39 is 4.92 Å². The first-order valence-corrected chi connectivity index (χ1v) is 4.97. The second-order valence-electron chi connectivity index (χ2n) is 3.63. The van der Waals surface area contributed by atoms with Crippen LogP contribution in [0, 0.1) is 27.4 Å². The molecule has 1 rings (SSSR count). The van der Waals surface area contributed by atoms with Crippen LogP contribution in [0.25, 0.3) is 0 Å². The van der Waals surface area contributed by atoms with Gasteiger partial charge in [0.1, 0.15) is 23.6 Å². The molecule has 1 atom stereocenters. The van der Waals surface area contributed by atoms with Gasteiger partial charge < -0.3 is 10.4 Å². The summed E-state index contributed by atoms with van der Waals surface area (Å²) in [5.74, 6) is 0.303. The van der Waals surface area contributed by atoms with Crippen LogP contribution in [0.2, 0.25) is 0 Å². The molecule has 0 aliphatic rings. The number of aliphatic hydroxyl groups excluding tert-OH is 1. The molecule has 1 unspecified atom stereocenters. The van der Waals surface area contributed by atoms with Crippen LogP contribution in [0.4, 0.5) is 11.5 Å². The fourth-order valence-corrected chi connectivity index (χ4v) is 1.12. The highest BCUT2D eigenvalue weighted by atomic mass is 16.6. The summed E-state index contributed by atoms with van der Waals surface area (Å²) in [6.07, 6.45) is 1.09. The molecule has 2 N–H and O–H groups in total. The van der Waals surface area contributed by atoms with Crippen molar-refractivity contribution in [2.24, 2.45) is 5.92 Å². The van der Waals surface area contributed by atoms with Crippen molar-refractivity contribution in [1.29, 1.82) is 5.26 Å². The Hall–Kier alpha value is -2.20. The minimum Gasteiger partial charge on any atom is -0.396 e. The number of aliphatic hydroxyl groups is 1. The quantitative estimate of drug-likeness (QED) is 0.580. The Morgan fingerprint density at radius 3 is 3.00 bits per heavy atom. The van der Waals surface area contributed by atoms with E-state index in [0.29, 0.717) is 12.4 Å². The van der Waals surface area contributed by atoms with Gasteiger partial charge in [0.15, 0.2) is 0 Å². The number of hydrogen-bond donors (Lipinski definition) is 2. The van der Waals surface area contributed by atoms with Gasteiger partial charge in [-0.3, -0.25) is 10.1 Å². The second kappa shape index (κ2) is 5.77. The summed E-state index contributed by atoms with van der Waals surface area (Å²) in [7, 11) is 0. The van der Waals surface area contributed by atoms with E-state index in [2.05, 4.69) is 10.3 Å². The lowest BCUT2D eigenvalue weighted by Gasteiger charge is -2.10. The molecule has 0 amide bonds. The molecule has 0 saturated carbocycles. The summed E-state index contributed by atoms with van der Waals surface area (Å²) in [6, 6.07) is 3.01. The zero-order valence-corrected chi connectivity index (χ0v) is 9.25. The van der Waals surface area contributed by atoms with Gasteiger partial charge in [-0.25, -0.2) is 4.98 Å². The normalized spacial score (nSPS) is 11.6. The Labute approximate surface area is 97.9 Å². The minimum absolute atomic E-state index is 0.0125. The first-order valence-electron chi connectivity index (χ1n) is 4.97. The number of pyridine rings is 1. The van der Waals surface area contributed by atoms with Gasteiger partial charge in [-0.1, -0.05) is 6.92 Å². The van der Waals surface area contributed by atoms with Crippen molar-refractivity contribution >= 4 is 11.5 Å². The average molecular weight is 236 g/mol. The van der Waals surface area contributed by atoms with Crippen molar-refractivity contribution in [1.82, 2.24) is 4.98 Å². The van der Waals surface area contributed by atoms with Crippen molar-refractivity contribution in [3.63, 3.8) is 0 Å². The van der Waals surface area contributed by atoms with Gasteiger partial charge in [-0.15, -0.1) is 0 Å². The van der Waals surface area contributed by atoms with E-state index in [-0.39, 0.29) is 23.8 Å². The monoisotopic (exact) mass is 236 g/mol. The SMILES string of the molecule is CC(CO)CNc1ncc([N+](=O)[O-])cc1C#N. The zero-order chi connectivity index (χ0) is 12.8. The van der Waals surface area contributed by atoms with Crippen LogP contribution >= 0.6 is 0 Å². The maximum atomic E-state index is 10.5. The smallest absolute Gasteiger partial charge is 0.289 e. The largest absolute Gasteiger partial charge is 0.396 e. The molecule has 1 aromatic heterocycles. The van der Waals surface area contributed by atoms with E-state index in [1.807, 2.05) is 13.0 Å². The molecule has 0 saturated heterocycles. The summed E-state index contributed by atoms with van der Waals surface area (Å²) in [4.78, 5) is 13.7. The lowest BCUT2D eigenvalue weighted by atomic mass is 10.2. The average Bonchev–Trinajstić information content (AvgIpc) is 2.35. The van der Waals surface area contributed by atoms with Crippen molar-refractivity contribution < 1.29 is 10.0 Å². The molecule has 0 spiro atoms. The van der Waals surface area contributed by atoms with Gasteiger partial charge in [-0.05, 0) is 5.92 Å². The molecule has 1 heterocycles. The number of anilines is 1. The van der Waals surface area contributed by atoms with Gasteiger partial charge in [0.05, 0.1) is 4.92 Å². The van der Waals surface area contributed by atoms with E-state index >= 15 is 0 Å². The van der Waals surface area contributed by atoms with Crippen LogP contribution in [-0.4, -0.2) is 28.2 Å². The maximum absolute atomic E-state index is 10.5. The summed E-state index contributed by atoms with van der Waals surface area (Å²) in [5, 5.41) is 31.0. The van der Waals surface area contributed by atoms with E-state index in [4.69, 9.17) is 10.4 Å². The van der Waals surface area contributed by atoms with Crippen LogP contribution in [0.1, 0.15) is 12.5 Å². The molecule has 0 aromatic carbocycles. The van der Waals surface area contributed by atoms with Crippen molar-refractivity contribution in [2.45, 2.75) is 6.92 Å². The highest BCUT2D eigenvalue weighted by Gasteiger charge is 2.12. The van der Waals surface area contributed by atoms with Crippen LogP contribution in [-0.2, 0) is 0 Å². The third-order valence-electron chi connectivity index (χ3n) is 2.13. The first kappa shape index (κ1) is 12.9. The number of nitrogens with zero attached hydrogens (tertiary/aromatic N) is 3. The lowest BCUT2D eigenvalue weighted by Crippen LogP contribution is -2.16. The fraction of sp³-hybridized carbons (Fsp3) is 0.400. The second-order valence-corrected chi connectivity index (χ2v) is 3.63. The third kappa shape index (κ3) is 3.39. The van der Waals surface area contributed by atoms with Gasteiger partial charge in [0, 0.05) is 19.2 Å². The van der Waals surface area contributed by atoms with E-state index in [1.54, 1.807) is 0 Å². The Bertz CT molecular complexity index is 455. The maximum Gasteiger partial charge on any atom is 0.289 e. The van der Waals surface area contributed by atoms with Gasteiger partial charge in [0.25, 0.3) is 5.69 Å². The predicted octanol–water partition coefficient (Wildman–Crippen LogP) is 0.902. The van der Waals surface area contributed by atoms with Gasteiger partial charge in [0.2, 0.25) is 0 Å². The predicted molar refractivity (Wildman–Crippen MR) is 60.3 cm³/mol. The molecule has 7 heteroatoms. The Balaban J connectivity index is 2.87.